The van der Waals surface area contributed by atoms with Crippen LogP contribution in [0.5, 0.6) is 0 Å². The summed E-state index contributed by atoms with van der Waals surface area (Å²) in [6.45, 7) is 6.38. The molecule has 0 saturated heterocycles. The van der Waals surface area contributed by atoms with Gasteiger partial charge in [-0.05, 0) is 45.6 Å². The fourth-order valence-electron chi connectivity index (χ4n) is 1.65. The van der Waals surface area contributed by atoms with Gasteiger partial charge in [0.15, 0.2) is 0 Å². The van der Waals surface area contributed by atoms with Crippen molar-refractivity contribution in [3.05, 3.63) is 34.9 Å². The SMILES string of the molecule is CNCC(C)(C)N(C)Cc1ccc(Cl)cc1. The molecule has 0 aromatic heterocycles. The third-order valence-corrected chi connectivity index (χ3v) is 3.23. The highest BCUT2D eigenvalue weighted by molar-refractivity contribution is 6.30. The Morgan fingerprint density at radius 3 is 2.31 bits per heavy atom. The van der Waals surface area contributed by atoms with Gasteiger partial charge < -0.3 is 5.32 Å². The number of benzene rings is 1. The normalized spacial score (nSPS) is 12.1. The Morgan fingerprint density at radius 2 is 1.81 bits per heavy atom. The molecule has 1 rings (SSSR count). The molecule has 0 spiro atoms. The number of rotatable bonds is 5. The minimum Gasteiger partial charge on any atom is -0.318 e. The lowest BCUT2D eigenvalue weighted by Crippen LogP contribution is -2.47. The second-order valence-corrected chi connectivity index (χ2v) is 5.26. The van der Waals surface area contributed by atoms with Crippen molar-refractivity contribution in [1.82, 2.24) is 10.2 Å². The van der Waals surface area contributed by atoms with E-state index in [1.54, 1.807) is 0 Å². The van der Waals surface area contributed by atoms with E-state index in [2.05, 4.69) is 43.2 Å². The second kappa shape index (κ2) is 5.67. The smallest absolute Gasteiger partial charge is 0.0406 e. The van der Waals surface area contributed by atoms with Crippen LogP contribution in [0.3, 0.4) is 0 Å². The first-order chi connectivity index (χ1) is 7.45. The van der Waals surface area contributed by atoms with Gasteiger partial charge in [0, 0.05) is 23.7 Å². The second-order valence-electron chi connectivity index (χ2n) is 4.83. The van der Waals surface area contributed by atoms with Crippen LogP contribution in [0.4, 0.5) is 0 Å². The molecule has 0 aliphatic heterocycles. The van der Waals surface area contributed by atoms with Crippen LogP contribution in [0, 0.1) is 0 Å². The molecule has 0 bridgehead atoms. The Bertz CT molecular complexity index is 319. The lowest BCUT2D eigenvalue weighted by atomic mass is 10.0. The Morgan fingerprint density at radius 1 is 1.25 bits per heavy atom. The van der Waals surface area contributed by atoms with E-state index in [-0.39, 0.29) is 5.54 Å². The van der Waals surface area contributed by atoms with Gasteiger partial charge in [-0.25, -0.2) is 0 Å². The van der Waals surface area contributed by atoms with E-state index in [0.29, 0.717) is 0 Å². The zero-order valence-electron chi connectivity index (χ0n) is 10.5. The monoisotopic (exact) mass is 240 g/mol. The molecule has 0 saturated carbocycles. The van der Waals surface area contributed by atoms with Crippen molar-refractivity contribution in [1.29, 1.82) is 0 Å². The molecule has 1 N–H and O–H groups in total. The molecule has 0 amide bonds. The lowest BCUT2D eigenvalue weighted by Gasteiger charge is -2.35. The first kappa shape index (κ1) is 13.5. The van der Waals surface area contributed by atoms with Crippen LogP contribution in [0.25, 0.3) is 0 Å². The van der Waals surface area contributed by atoms with Gasteiger partial charge in [0.2, 0.25) is 0 Å². The van der Waals surface area contributed by atoms with Crippen molar-refractivity contribution >= 4 is 11.6 Å². The van der Waals surface area contributed by atoms with Crippen LogP contribution in [0.2, 0.25) is 5.02 Å². The van der Waals surface area contributed by atoms with Gasteiger partial charge in [0.25, 0.3) is 0 Å². The predicted molar refractivity (Wildman–Crippen MR) is 70.9 cm³/mol. The molecule has 16 heavy (non-hydrogen) atoms. The fourth-order valence-corrected chi connectivity index (χ4v) is 1.77. The number of hydrogen-bond acceptors (Lipinski definition) is 2. The molecule has 0 unspecified atom stereocenters. The van der Waals surface area contributed by atoms with Crippen molar-refractivity contribution in [2.24, 2.45) is 0 Å². The van der Waals surface area contributed by atoms with Crippen molar-refractivity contribution < 1.29 is 0 Å². The van der Waals surface area contributed by atoms with Gasteiger partial charge in [-0.15, -0.1) is 0 Å². The van der Waals surface area contributed by atoms with Crippen LogP contribution < -0.4 is 5.32 Å². The first-order valence-electron chi connectivity index (χ1n) is 5.56. The summed E-state index contributed by atoms with van der Waals surface area (Å²) in [5, 5.41) is 4.01. The summed E-state index contributed by atoms with van der Waals surface area (Å²) >= 11 is 5.86. The van der Waals surface area contributed by atoms with Crippen LogP contribution in [-0.4, -0.2) is 31.1 Å². The van der Waals surface area contributed by atoms with Crippen molar-refractivity contribution in [3.63, 3.8) is 0 Å². The molecular weight excluding hydrogens is 220 g/mol. The summed E-state index contributed by atoms with van der Waals surface area (Å²) in [6, 6.07) is 8.04. The fraction of sp³-hybridized carbons (Fsp3) is 0.538. The van der Waals surface area contributed by atoms with Crippen molar-refractivity contribution in [2.45, 2.75) is 25.9 Å². The van der Waals surface area contributed by atoms with Gasteiger partial charge in [0.05, 0.1) is 0 Å². The minimum atomic E-state index is 0.147. The Kier molecular flexibility index (Phi) is 4.78. The summed E-state index contributed by atoms with van der Waals surface area (Å²) < 4.78 is 0. The molecule has 0 heterocycles. The highest BCUT2D eigenvalue weighted by atomic mass is 35.5. The molecule has 1 aromatic rings. The molecule has 1 aromatic carbocycles. The standard InChI is InChI=1S/C13H21ClN2/c1-13(2,10-15-3)16(4)9-11-5-7-12(14)8-6-11/h5-8,15H,9-10H2,1-4H3. The molecular formula is C13H21ClN2. The van der Waals surface area contributed by atoms with E-state index in [1.807, 2.05) is 19.2 Å². The maximum absolute atomic E-state index is 5.86. The van der Waals surface area contributed by atoms with E-state index in [1.165, 1.54) is 5.56 Å². The molecule has 0 radical (unpaired) electrons. The van der Waals surface area contributed by atoms with Crippen LogP contribution >= 0.6 is 11.6 Å². The summed E-state index contributed by atoms with van der Waals surface area (Å²) in [5.74, 6) is 0. The number of halogens is 1. The summed E-state index contributed by atoms with van der Waals surface area (Å²) in [7, 11) is 4.13. The first-order valence-corrected chi connectivity index (χ1v) is 5.94. The van der Waals surface area contributed by atoms with Crippen LogP contribution in [0.15, 0.2) is 24.3 Å². The Labute approximate surface area is 104 Å². The minimum absolute atomic E-state index is 0.147. The van der Waals surface area contributed by atoms with Gasteiger partial charge in [-0.3, -0.25) is 4.90 Å². The summed E-state index contributed by atoms with van der Waals surface area (Å²) in [5.41, 5.74) is 1.44. The van der Waals surface area contributed by atoms with E-state index in [0.717, 1.165) is 18.1 Å². The van der Waals surface area contributed by atoms with Gasteiger partial charge in [0.1, 0.15) is 0 Å². The molecule has 0 aliphatic rings. The maximum atomic E-state index is 5.86. The molecule has 90 valence electrons. The molecule has 2 nitrogen and oxygen atoms in total. The molecule has 3 heteroatoms. The average molecular weight is 241 g/mol. The summed E-state index contributed by atoms with van der Waals surface area (Å²) in [6.07, 6.45) is 0. The van der Waals surface area contributed by atoms with Crippen LogP contribution in [-0.2, 0) is 6.54 Å². The predicted octanol–water partition coefficient (Wildman–Crippen LogP) is 2.77. The highest BCUT2D eigenvalue weighted by Gasteiger charge is 2.22. The highest BCUT2D eigenvalue weighted by Crippen LogP contribution is 2.16. The zero-order chi connectivity index (χ0) is 12.2. The van der Waals surface area contributed by atoms with Crippen molar-refractivity contribution in [2.75, 3.05) is 20.6 Å². The van der Waals surface area contributed by atoms with E-state index < -0.39 is 0 Å². The van der Waals surface area contributed by atoms with Gasteiger partial charge in [-0.1, -0.05) is 23.7 Å². The Balaban J connectivity index is 2.63. The topological polar surface area (TPSA) is 15.3 Å². The largest absolute Gasteiger partial charge is 0.318 e. The number of likely N-dealkylation sites (N-methyl/N-ethyl adjacent to an activating group) is 2. The quantitative estimate of drug-likeness (QED) is 0.852. The average Bonchev–Trinajstić information content (AvgIpc) is 2.21. The number of hydrogen-bond donors (Lipinski definition) is 1. The Hall–Kier alpha value is -0.570. The third kappa shape index (κ3) is 3.78. The number of nitrogens with one attached hydrogen (secondary N) is 1. The molecule has 0 aliphatic carbocycles. The van der Waals surface area contributed by atoms with E-state index in [4.69, 9.17) is 11.6 Å². The van der Waals surface area contributed by atoms with E-state index in [9.17, 15) is 0 Å². The van der Waals surface area contributed by atoms with Crippen LogP contribution in [0.1, 0.15) is 19.4 Å². The van der Waals surface area contributed by atoms with Gasteiger partial charge in [-0.2, -0.15) is 0 Å². The van der Waals surface area contributed by atoms with Gasteiger partial charge >= 0.3 is 0 Å². The molecule has 0 atom stereocenters. The van der Waals surface area contributed by atoms with Crippen molar-refractivity contribution in [3.8, 4) is 0 Å². The third-order valence-electron chi connectivity index (χ3n) is 2.98. The molecule has 0 fully saturated rings. The van der Waals surface area contributed by atoms with E-state index >= 15 is 0 Å². The maximum Gasteiger partial charge on any atom is 0.0406 e. The zero-order valence-corrected chi connectivity index (χ0v) is 11.3. The summed E-state index contributed by atoms with van der Waals surface area (Å²) in [4.78, 5) is 2.34. The lowest BCUT2D eigenvalue weighted by molar-refractivity contribution is 0.147. The number of nitrogens with zero attached hydrogens (tertiary/aromatic N) is 1.